The Kier molecular flexibility index (Phi) is 4.83. The normalized spacial score (nSPS) is 9.74. The number of aromatic hydroxyl groups is 1. The summed E-state index contributed by atoms with van der Waals surface area (Å²) < 4.78 is 0. The quantitative estimate of drug-likeness (QED) is 0.662. The molecule has 3 rings (SSSR count). The third-order valence-corrected chi connectivity index (χ3v) is 2.95. The smallest absolute Gasteiger partial charge is 0.339 e. The van der Waals surface area contributed by atoms with Crippen molar-refractivity contribution in [1.82, 2.24) is 9.97 Å². The van der Waals surface area contributed by atoms with E-state index in [1.165, 1.54) is 24.7 Å². The summed E-state index contributed by atoms with van der Waals surface area (Å²) in [6.45, 7) is 0. The van der Waals surface area contributed by atoms with Gasteiger partial charge in [0.2, 0.25) is 0 Å². The number of hydrogen-bond donors (Lipinski definition) is 3. The fourth-order valence-corrected chi connectivity index (χ4v) is 1.85. The molecule has 0 bridgehead atoms. The molecule has 7 nitrogen and oxygen atoms in total. The maximum Gasteiger partial charge on any atom is 0.339 e. The van der Waals surface area contributed by atoms with E-state index in [1.807, 2.05) is 12.1 Å². The lowest BCUT2D eigenvalue weighted by Crippen LogP contribution is -2.12. The minimum atomic E-state index is -1.12. The summed E-state index contributed by atoms with van der Waals surface area (Å²) in [4.78, 5) is 28.3. The second-order valence-corrected chi connectivity index (χ2v) is 4.44. The Labute approximate surface area is 131 Å². The van der Waals surface area contributed by atoms with Gasteiger partial charge < -0.3 is 15.9 Å². The van der Waals surface area contributed by atoms with Crippen LogP contribution in [0.4, 0.5) is 0 Å². The van der Waals surface area contributed by atoms with Crippen LogP contribution in [0.1, 0.15) is 20.8 Å². The molecule has 23 heavy (non-hydrogen) atoms. The number of primary amides is 1. The molecular weight excluding hydrogens is 298 g/mol. The molecule has 0 radical (unpaired) electrons. The number of hydrogen-bond acceptors (Lipinski definition) is 5. The summed E-state index contributed by atoms with van der Waals surface area (Å²) in [7, 11) is 0. The van der Waals surface area contributed by atoms with Crippen molar-refractivity contribution in [3.05, 3.63) is 66.2 Å². The first-order chi connectivity index (χ1) is 11.0. The van der Waals surface area contributed by atoms with Gasteiger partial charge >= 0.3 is 5.97 Å². The average Bonchev–Trinajstić information content (AvgIpc) is 2.56. The van der Waals surface area contributed by atoms with Gasteiger partial charge in [0.1, 0.15) is 17.0 Å². The zero-order valence-corrected chi connectivity index (χ0v) is 11.9. The van der Waals surface area contributed by atoms with Gasteiger partial charge in [-0.2, -0.15) is 0 Å². The monoisotopic (exact) mass is 311 g/mol. The molecule has 0 unspecified atom stereocenters. The van der Waals surface area contributed by atoms with Crippen molar-refractivity contribution in [2.45, 2.75) is 0 Å². The third-order valence-electron chi connectivity index (χ3n) is 2.95. The van der Waals surface area contributed by atoms with Gasteiger partial charge in [-0.25, -0.2) is 9.78 Å². The van der Waals surface area contributed by atoms with Crippen LogP contribution in [0, 0.1) is 0 Å². The highest BCUT2D eigenvalue weighted by Crippen LogP contribution is 2.28. The van der Waals surface area contributed by atoms with E-state index in [2.05, 4.69) is 9.97 Å². The van der Waals surface area contributed by atoms with Gasteiger partial charge in [-0.15, -0.1) is 0 Å². The Morgan fingerprint density at radius 3 is 2.35 bits per heavy atom. The molecule has 7 heteroatoms. The molecule has 1 aromatic heterocycles. The Balaban J connectivity index is 0.000000185. The minimum absolute atomic E-state index is 0.0660. The number of phenols is 1. The van der Waals surface area contributed by atoms with E-state index in [1.54, 1.807) is 18.2 Å². The number of aromatic carboxylic acids is 1. The molecule has 116 valence electrons. The minimum Gasteiger partial charge on any atom is -0.506 e. The van der Waals surface area contributed by atoms with E-state index in [0.717, 1.165) is 5.39 Å². The molecule has 0 atom stereocenters. The molecule has 0 saturated heterocycles. The van der Waals surface area contributed by atoms with Crippen LogP contribution in [0.15, 0.2) is 55.0 Å². The average molecular weight is 311 g/mol. The molecule has 0 spiro atoms. The van der Waals surface area contributed by atoms with Crippen molar-refractivity contribution in [1.29, 1.82) is 0 Å². The molecule has 1 amide bonds. The molecule has 0 saturated carbocycles. The van der Waals surface area contributed by atoms with Gasteiger partial charge in [-0.05, 0) is 11.5 Å². The molecule has 0 aliphatic rings. The Bertz CT molecular complexity index is 850. The van der Waals surface area contributed by atoms with Crippen LogP contribution < -0.4 is 5.73 Å². The molecule has 0 fully saturated rings. The van der Waals surface area contributed by atoms with Gasteiger partial charge in [-0.1, -0.05) is 30.3 Å². The van der Waals surface area contributed by atoms with Gasteiger partial charge in [0.25, 0.3) is 5.91 Å². The van der Waals surface area contributed by atoms with Crippen LogP contribution in [0.5, 0.6) is 5.75 Å². The Morgan fingerprint density at radius 1 is 1.04 bits per heavy atom. The number of carboxylic acids is 1. The van der Waals surface area contributed by atoms with Gasteiger partial charge in [0.15, 0.2) is 0 Å². The van der Waals surface area contributed by atoms with Crippen LogP contribution in [0.2, 0.25) is 0 Å². The Hall–Kier alpha value is -3.48. The highest BCUT2D eigenvalue weighted by Gasteiger charge is 2.11. The van der Waals surface area contributed by atoms with Crippen LogP contribution in [0.25, 0.3) is 10.8 Å². The summed E-state index contributed by atoms with van der Waals surface area (Å²) in [5, 5.41) is 19.8. The maximum absolute atomic E-state index is 10.7. The van der Waals surface area contributed by atoms with E-state index in [-0.39, 0.29) is 17.0 Å². The molecule has 1 heterocycles. The van der Waals surface area contributed by atoms with Crippen molar-refractivity contribution in [3.63, 3.8) is 0 Å². The number of fused-ring (bicyclic) bond motifs is 1. The van der Waals surface area contributed by atoms with Crippen LogP contribution in [0.3, 0.4) is 0 Å². The number of amides is 1. The van der Waals surface area contributed by atoms with Crippen LogP contribution in [-0.4, -0.2) is 32.1 Å². The SMILES string of the molecule is NC(=O)c1cnccn1.O=C(O)c1ccc2ccccc2c1O. The number of benzene rings is 2. The van der Waals surface area contributed by atoms with E-state index in [0.29, 0.717) is 5.39 Å². The number of carboxylic acid groups (broad SMARTS) is 1. The van der Waals surface area contributed by atoms with Gasteiger partial charge in [0, 0.05) is 17.8 Å². The third kappa shape index (κ3) is 3.79. The lowest BCUT2D eigenvalue weighted by atomic mass is 10.1. The van der Waals surface area contributed by atoms with Gasteiger partial charge in [-0.3, -0.25) is 9.78 Å². The number of rotatable bonds is 2. The second-order valence-electron chi connectivity index (χ2n) is 4.44. The van der Waals surface area contributed by atoms with Crippen molar-refractivity contribution in [2.75, 3.05) is 0 Å². The Morgan fingerprint density at radius 2 is 1.78 bits per heavy atom. The number of nitrogens with zero attached hydrogens (tertiary/aromatic N) is 2. The first-order valence-corrected chi connectivity index (χ1v) is 6.50. The number of nitrogens with two attached hydrogens (primary N) is 1. The fourth-order valence-electron chi connectivity index (χ4n) is 1.85. The molecule has 2 aromatic carbocycles. The van der Waals surface area contributed by atoms with Crippen LogP contribution >= 0.6 is 0 Å². The largest absolute Gasteiger partial charge is 0.506 e. The first kappa shape index (κ1) is 15.9. The fraction of sp³-hybridized carbons (Fsp3) is 0. The molecule has 0 aliphatic carbocycles. The van der Waals surface area contributed by atoms with Crippen molar-refractivity contribution >= 4 is 22.6 Å². The maximum atomic E-state index is 10.7. The zero-order valence-electron chi connectivity index (χ0n) is 11.9. The highest BCUT2D eigenvalue weighted by molar-refractivity contribution is 6.00. The van der Waals surface area contributed by atoms with Crippen molar-refractivity contribution < 1.29 is 19.8 Å². The molecule has 0 aliphatic heterocycles. The highest BCUT2D eigenvalue weighted by atomic mass is 16.4. The molecule has 4 N–H and O–H groups in total. The summed E-state index contributed by atoms with van der Waals surface area (Å²) in [5.74, 6) is -1.84. The predicted octanol–water partition coefficient (Wildman–Crippen LogP) is 1.82. The molecular formula is C16H13N3O4. The van der Waals surface area contributed by atoms with Crippen molar-refractivity contribution in [2.24, 2.45) is 5.73 Å². The van der Waals surface area contributed by atoms with E-state index >= 15 is 0 Å². The van der Waals surface area contributed by atoms with Crippen molar-refractivity contribution in [3.8, 4) is 5.75 Å². The topological polar surface area (TPSA) is 126 Å². The zero-order chi connectivity index (χ0) is 16.8. The summed E-state index contributed by atoms with van der Waals surface area (Å²) >= 11 is 0. The summed E-state index contributed by atoms with van der Waals surface area (Å²) in [6, 6.07) is 10.2. The lowest BCUT2D eigenvalue weighted by molar-refractivity contribution is 0.0693. The second kappa shape index (κ2) is 6.99. The summed E-state index contributed by atoms with van der Waals surface area (Å²) in [6.07, 6.45) is 4.22. The van der Waals surface area contributed by atoms with E-state index in [9.17, 15) is 14.7 Å². The van der Waals surface area contributed by atoms with E-state index < -0.39 is 11.9 Å². The number of carbonyl (C=O) groups excluding carboxylic acids is 1. The van der Waals surface area contributed by atoms with Gasteiger partial charge in [0.05, 0.1) is 6.20 Å². The first-order valence-electron chi connectivity index (χ1n) is 6.50. The standard InChI is InChI=1S/C11H8O3.C5H5N3O/c12-10-8-4-2-1-3-7(8)5-6-9(10)11(13)14;6-5(9)4-3-7-1-2-8-4/h1-6,12H,(H,13,14);1-3H,(H2,6,9). The van der Waals surface area contributed by atoms with E-state index in [4.69, 9.17) is 10.8 Å². The number of carbonyl (C=O) groups is 2. The lowest BCUT2D eigenvalue weighted by Gasteiger charge is -2.03. The predicted molar refractivity (Wildman–Crippen MR) is 83.1 cm³/mol. The number of aromatic nitrogens is 2. The summed E-state index contributed by atoms with van der Waals surface area (Å²) in [5.41, 5.74) is 5.00. The van der Waals surface area contributed by atoms with Crippen LogP contribution in [-0.2, 0) is 0 Å². The molecule has 3 aromatic rings.